The molecule has 0 N–H and O–H groups in total. The average molecular weight is 349 g/mol. The molecule has 0 aliphatic carbocycles. The van der Waals surface area contributed by atoms with Gasteiger partial charge < -0.3 is 0 Å². The van der Waals surface area contributed by atoms with Gasteiger partial charge in [-0.15, -0.1) is 34.0 Å². The van der Waals surface area contributed by atoms with Crippen molar-refractivity contribution in [1.82, 2.24) is 0 Å². The van der Waals surface area contributed by atoms with Gasteiger partial charge in [-0.05, 0) is 46.5 Å². The molecule has 0 spiro atoms. The van der Waals surface area contributed by atoms with E-state index in [2.05, 4.69) is 72.1 Å². The lowest BCUT2D eigenvalue weighted by atomic mass is 10.1. The Morgan fingerprint density at radius 2 is 1.22 bits per heavy atom. The maximum absolute atomic E-state index is 2.32. The molecule has 23 heavy (non-hydrogen) atoms. The lowest BCUT2D eigenvalue weighted by Gasteiger charge is -1.98. The smallest absolute Gasteiger partial charge is 0.0529 e. The molecular weight excluding hydrogens is 336 g/mol. The average Bonchev–Trinajstić information content (AvgIpc) is 3.30. The predicted octanol–water partition coefficient (Wildman–Crippen LogP) is 7.51. The standard InChI is InChI=1S/C20H12S3/c1-3-7-16-13(5-1)11-18(22-16)15-9-10-21-20(15)19-12-14-6-2-4-8-17(14)23-19/h1-12H. The molecular formula is C20H12S3. The zero-order valence-corrected chi connectivity index (χ0v) is 14.6. The zero-order valence-electron chi connectivity index (χ0n) is 12.2. The van der Waals surface area contributed by atoms with Crippen molar-refractivity contribution in [3.05, 3.63) is 72.1 Å². The van der Waals surface area contributed by atoms with Crippen LogP contribution in [0.3, 0.4) is 0 Å². The third-order valence-electron chi connectivity index (χ3n) is 4.01. The van der Waals surface area contributed by atoms with Crippen LogP contribution in [0.5, 0.6) is 0 Å². The van der Waals surface area contributed by atoms with Crippen LogP contribution in [0.15, 0.2) is 72.1 Å². The summed E-state index contributed by atoms with van der Waals surface area (Å²) < 4.78 is 2.72. The summed E-state index contributed by atoms with van der Waals surface area (Å²) in [5.74, 6) is 0. The van der Waals surface area contributed by atoms with Crippen molar-refractivity contribution in [3.63, 3.8) is 0 Å². The van der Waals surface area contributed by atoms with Gasteiger partial charge in [0.1, 0.15) is 0 Å². The number of hydrogen-bond acceptors (Lipinski definition) is 3. The van der Waals surface area contributed by atoms with Crippen LogP contribution in [-0.4, -0.2) is 0 Å². The fraction of sp³-hybridized carbons (Fsp3) is 0. The van der Waals surface area contributed by atoms with Crippen molar-refractivity contribution in [2.75, 3.05) is 0 Å². The highest BCUT2D eigenvalue weighted by atomic mass is 32.1. The normalized spacial score (nSPS) is 11.5. The van der Waals surface area contributed by atoms with E-state index < -0.39 is 0 Å². The van der Waals surface area contributed by atoms with Crippen molar-refractivity contribution < 1.29 is 0 Å². The largest absolute Gasteiger partial charge is 0.142 e. The number of rotatable bonds is 2. The second-order valence-electron chi connectivity index (χ2n) is 5.46. The minimum atomic E-state index is 1.33. The summed E-state index contributed by atoms with van der Waals surface area (Å²) in [6, 6.07) is 24.2. The number of fused-ring (bicyclic) bond motifs is 2. The summed E-state index contributed by atoms with van der Waals surface area (Å²) in [6.45, 7) is 0. The zero-order chi connectivity index (χ0) is 15.2. The van der Waals surface area contributed by atoms with E-state index in [9.17, 15) is 0 Å². The van der Waals surface area contributed by atoms with Gasteiger partial charge in [0.25, 0.3) is 0 Å². The van der Waals surface area contributed by atoms with Gasteiger partial charge in [-0.1, -0.05) is 36.4 Å². The summed E-state index contributed by atoms with van der Waals surface area (Å²) in [5, 5.41) is 4.88. The number of thiophene rings is 3. The molecule has 0 bridgehead atoms. The van der Waals surface area contributed by atoms with Gasteiger partial charge in [0.05, 0.1) is 4.88 Å². The van der Waals surface area contributed by atoms with Crippen LogP contribution in [0.2, 0.25) is 0 Å². The second kappa shape index (κ2) is 5.31. The quantitative estimate of drug-likeness (QED) is 0.309. The van der Waals surface area contributed by atoms with E-state index in [1.54, 1.807) is 0 Å². The lowest BCUT2D eigenvalue weighted by molar-refractivity contribution is 1.84. The molecule has 0 aliphatic heterocycles. The molecule has 0 saturated heterocycles. The SMILES string of the molecule is c1ccc2sc(-c3ccsc3-c3cc4ccccc4s3)cc2c1. The monoisotopic (exact) mass is 348 g/mol. The van der Waals surface area contributed by atoms with E-state index in [4.69, 9.17) is 0 Å². The summed E-state index contributed by atoms with van der Waals surface area (Å²) in [4.78, 5) is 4.12. The topological polar surface area (TPSA) is 0 Å². The Balaban J connectivity index is 1.69. The summed E-state index contributed by atoms with van der Waals surface area (Å²) in [5.41, 5.74) is 1.36. The third-order valence-corrected chi connectivity index (χ3v) is 7.37. The van der Waals surface area contributed by atoms with E-state index in [0.29, 0.717) is 0 Å². The highest BCUT2D eigenvalue weighted by Crippen LogP contribution is 2.45. The minimum absolute atomic E-state index is 1.33. The second-order valence-corrected chi connectivity index (χ2v) is 8.54. The van der Waals surface area contributed by atoms with Crippen LogP contribution in [0.25, 0.3) is 40.4 Å². The molecule has 3 heterocycles. The Morgan fingerprint density at radius 3 is 1.91 bits per heavy atom. The Kier molecular flexibility index (Phi) is 3.11. The molecule has 0 unspecified atom stereocenters. The summed E-state index contributed by atoms with van der Waals surface area (Å²) in [6.07, 6.45) is 0. The Morgan fingerprint density at radius 1 is 0.609 bits per heavy atom. The molecule has 0 atom stereocenters. The summed E-state index contributed by atoms with van der Waals surface area (Å²) in [7, 11) is 0. The summed E-state index contributed by atoms with van der Waals surface area (Å²) >= 11 is 5.61. The molecule has 5 rings (SSSR count). The van der Waals surface area contributed by atoms with Crippen molar-refractivity contribution in [3.8, 4) is 20.2 Å². The van der Waals surface area contributed by atoms with E-state index in [-0.39, 0.29) is 0 Å². The molecule has 3 heteroatoms. The van der Waals surface area contributed by atoms with Crippen molar-refractivity contribution in [2.24, 2.45) is 0 Å². The minimum Gasteiger partial charge on any atom is -0.142 e. The first-order chi connectivity index (χ1) is 11.4. The van der Waals surface area contributed by atoms with E-state index in [1.165, 1.54) is 40.4 Å². The third kappa shape index (κ3) is 2.24. The van der Waals surface area contributed by atoms with Crippen LogP contribution >= 0.6 is 34.0 Å². The molecule has 2 aromatic carbocycles. The molecule has 0 nitrogen and oxygen atoms in total. The van der Waals surface area contributed by atoms with Gasteiger partial charge in [0.15, 0.2) is 0 Å². The van der Waals surface area contributed by atoms with Crippen LogP contribution in [0.1, 0.15) is 0 Å². The van der Waals surface area contributed by atoms with Crippen LogP contribution < -0.4 is 0 Å². The van der Waals surface area contributed by atoms with E-state index >= 15 is 0 Å². The van der Waals surface area contributed by atoms with Crippen LogP contribution in [0.4, 0.5) is 0 Å². The number of hydrogen-bond donors (Lipinski definition) is 0. The van der Waals surface area contributed by atoms with Crippen LogP contribution in [0, 0.1) is 0 Å². The maximum Gasteiger partial charge on any atom is 0.0529 e. The van der Waals surface area contributed by atoms with Gasteiger partial charge in [0, 0.05) is 24.7 Å². The first-order valence-corrected chi connectivity index (χ1v) is 9.95. The molecule has 0 saturated carbocycles. The Labute approximate surface area is 146 Å². The van der Waals surface area contributed by atoms with Gasteiger partial charge in [-0.2, -0.15) is 0 Å². The highest BCUT2D eigenvalue weighted by molar-refractivity contribution is 7.26. The van der Waals surface area contributed by atoms with Gasteiger partial charge in [-0.25, -0.2) is 0 Å². The number of benzene rings is 2. The van der Waals surface area contributed by atoms with E-state index in [1.807, 2.05) is 34.0 Å². The molecule has 0 amide bonds. The predicted molar refractivity (Wildman–Crippen MR) is 106 cm³/mol. The van der Waals surface area contributed by atoms with Gasteiger partial charge in [0.2, 0.25) is 0 Å². The molecule has 0 aliphatic rings. The molecule has 0 radical (unpaired) electrons. The fourth-order valence-corrected chi connectivity index (χ4v) is 6.17. The van der Waals surface area contributed by atoms with Crippen molar-refractivity contribution in [2.45, 2.75) is 0 Å². The van der Waals surface area contributed by atoms with E-state index in [0.717, 1.165) is 0 Å². The Bertz CT molecular complexity index is 969. The van der Waals surface area contributed by atoms with Gasteiger partial charge in [-0.3, -0.25) is 0 Å². The van der Waals surface area contributed by atoms with Crippen molar-refractivity contribution >= 4 is 54.2 Å². The van der Waals surface area contributed by atoms with Crippen LogP contribution in [-0.2, 0) is 0 Å². The maximum atomic E-state index is 2.32. The first kappa shape index (κ1) is 13.5. The molecule has 5 aromatic rings. The lowest BCUT2D eigenvalue weighted by Crippen LogP contribution is -1.70. The molecule has 0 fully saturated rings. The molecule has 110 valence electrons. The molecule has 3 aromatic heterocycles. The highest BCUT2D eigenvalue weighted by Gasteiger charge is 2.14. The Hall–Kier alpha value is -1.94. The fourth-order valence-electron chi connectivity index (χ4n) is 2.90. The first-order valence-electron chi connectivity index (χ1n) is 7.44. The van der Waals surface area contributed by atoms with Gasteiger partial charge >= 0.3 is 0 Å². The van der Waals surface area contributed by atoms with Crippen molar-refractivity contribution in [1.29, 1.82) is 0 Å².